The molecule has 1 heteroatoms. The van der Waals surface area contributed by atoms with E-state index in [0.29, 0.717) is 5.92 Å². The highest BCUT2D eigenvalue weighted by Crippen LogP contribution is 2.43. The molecular weight excluding hydrogens is 208 g/mol. The van der Waals surface area contributed by atoms with E-state index >= 15 is 0 Å². The van der Waals surface area contributed by atoms with Gasteiger partial charge in [0.15, 0.2) is 0 Å². The van der Waals surface area contributed by atoms with E-state index in [1.54, 1.807) is 0 Å². The van der Waals surface area contributed by atoms with Crippen LogP contribution in [0.1, 0.15) is 37.7 Å². The van der Waals surface area contributed by atoms with Crippen LogP contribution < -0.4 is 0 Å². The van der Waals surface area contributed by atoms with Gasteiger partial charge in [-0.1, -0.05) is 30.0 Å². The van der Waals surface area contributed by atoms with Crippen molar-refractivity contribution in [2.45, 2.75) is 37.7 Å². The highest BCUT2D eigenvalue weighted by atomic mass is 16.5. The molecule has 88 valence electrons. The summed E-state index contributed by atoms with van der Waals surface area (Å²) in [6.07, 6.45) is 6.04. The van der Waals surface area contributed by atoms with E-state index in [9.17, 15) is 0 Å². The van der Waals surface area contributed by atoms with Crippen LogP contribution in [0.5, 0.6) is 0 Å². The first-order valence-electron chi connectivity index (χ1n) is 6.57. The summed E-state index contributed by atoms with van der Waals surface area (Å²) in [6, 6.07) is 10.3. The van der Waals surface area contributed by atoms with Gasteiger partial charge in [0.05, 0.1) is 5.60 Å². The van der Waals surface area contributed by atoms with Gasteiger partial charge in [-0.3, -0.25) is 0 Å². The smallest absolute Gasteiger partial charge is 0.0695 e. The molecule has 1 spiro atoms. The second-order valence-corrected chi connectivity index (χ2v) is 5.21. The lowest BCUT2D eigenvalue weighted by Gasteiger charge is -2.21. The molecular formula is C16H18O. The second-order valence-electron chi connectivity index (χ2n) is 5.21. The lowest BCUT2D eigenvalue weighted by molar-refractivity contribution is 0.00876. The molecule has 0 amide bonds. The predicted molar refractivity (Wildman–Crippen MR) is 68.6 cm³/mol. The third kappa shape index (κ3) is 2.37. The molecule has 0 N–H and O–H groups in total. The van der Waals surface area contributed by atoms with E-state index in [1.807, 2.05) is 18.2 Å². The predicted octanol–water partition coefficient (Wildman–Crippen LogP) is 3.39. The van der Waals surface area contributed by atoms with Crippen LogP contribution in [0.2, 0.25) is 0 Å². The molecule has 2 fully saturated rings. The fraction of sp³-hybridized carbons (Fsp3) is 0.500. The van der Waals surface area contributed by atoms with Gasteiger partial charge >= 0.3 is 0 Å². The number of hydrogen-bond acceptors (Lipinski definition) is 1. The van der Waals surface area contributed by atoms with Crippen LogP contribution in [-0.2, 0) is 4.74 Å². The van der Waals surface area contributed by atoms with E-state index < -0.39 is 0 Å². The van der Waals surface area contributed by atoms with Crippen molar-refractivity contribution in [3.05, 3.63) is 35.9 Å². The zero-order chi connectivity index (χ0) is 11.6. The fourth-order valence-corrected chi connectivity index (χ4v) is 3.03. The SMILES string of the molecule is C(#C[C@@H]1CC[C@]2(CCCO2)C1)c1ccccc1. The van der Waals surface area contributed by atoms with Crippen molar-refractivity contribution in [2.24, 2.45) is 5.92 Å². The Balaban J connectivity index is 1.66. The Kier molecular flexibility index (Phi) is 2.91. The Morgan fingerprint density at radius 3 is 2.82 bits per heavy atom. The molecule has 0 aromatic heterocycles. The number of hydrogen-bond donors (Lipinski definition) is 0. The Labute approximate surface area is 103 Å². The number of ether oxygens (including phenoxy) is 1. The highest BCUT2D eigenvalue weighted by Gasteiger charge is 2.41. The number of benzene rings is 1. The summed E-state index contributed by atoms with van der Waals surface area (Å²) in [5.74, 6) is 7.24. The molecule has 1 saturated heterocycles. The van der Waals surface area contributed by atoms with E-state index in [2.05, 4.69) is 24.0 Å². The molecule has 1 nitrogen and oxygen atoms in total. The molecule has 1 aliphatic heterocycles. The van der Waals surface area contributed by atoms with Gasteiger partial charge in [-0.05, 0) is 44.2 Å². The number of rotatable bonds is 0. The minimum absolute atomic E-state index is 0.204. The maximum atomic E-state index is 5.92. The van der Waals surface area contributed by atoms with E-state index in [4.69, 9.17) is 4.74 Å². The molecule has 1 aromatic carbocycles. The summed E-state index contributed by atoms with van der Waals surface area (Å²) < 4.78 is 5.92. The topological polar surface area (TPSA) is 9.23 Å². The molecule has 0 bridgehead atoms. The van der Waals surface area contributed by atoms with Crippen molar-refractivity contribution in [1.29, 1.82) is 0 Å². The Bertz CT molecular complexity index is 432. The van der Waals surface area contributed by atoms with Gasteiger partial charge in [0, 0.05) is 18.1 Å². The van der Waals surface area contributed by atoms with E-state index in [-0.39, 0.29) is 5.60 Å². The Morgan fingerprint density at radius 1 is 1.18 bits per heavy atom. The van der Waals surface area contributed by atoms with Gasteiger partial charge in [-0.2, -0.15) is 0 Å². The first-order chi connectivity index (χ1) is 8.36. The van der Waals surface area contributed by atoms with Crippen molar-refractivity contribution < 1.29 is 4.74 Å². The van der Waals surface area contributed by atoms with Crippen molar-refractivity contribution in [2.75, 3.05) is 6.61 Å². The molecule has 1 aromatic rings. The van der Waals surface area contributed by atoms with Crippen molar-refractivity contribution in [3.8, 4) is 11.8 Å². The molecule has 2 aliphatic rings. The summed E-state index contributed by atoms with van der Waals surface area (Å²) in [7, 11) is 0. The van der Waals surface area contributed by atoms with Crippen LogP contribution in [0.3, 0.4) is 0 Å². The van der Waals surface area contributed by atoms with Gasteiger partial charge in [0.25, 0.3) is 0 Å². The van der Waals surface area contributed by atoms with Crippen LogP contribution in [0, 0.1) is 17.8 Å². The van der Waals surface area contributed by atoms with Crippen LogP contribution >= 0.6 is 0 Å². The highest BCUT2D eigenvalue weighted by molar-refractivity contribution is 5.34. The van der Waals surface area contributed by atoms with Gasteiger partial charge < -0.3 is 4.74 Å². The normalized spacial score (nSPS) is 31.4. The summed E-state index contributed by atoms with van der Waals surface area (Å²) >= 11 is 0. The standard InChI is InChI=1S/C16H18O/c1-2-5-14(6-3-1)7-8-15-9-11-16(13-15)10-4-12-17-16/h1-3,5-6,15H,4,9-13H2/t15-,16-/m1/s1. The monoisotopic (exact) mass is 226 g/mol. The average molecular weight is 226 g/mol. The fourth-order valence-electron chi connectivity index (χ4n) is 3.03. The molecule has 3 rings (SSSR count). The summed E-state index contributed by atoms with van der Waals surface area (Å²) in [4.78, 5) is 0. The lowest BCUT2D eigenvalue weighted by Crippen LogP contribution is -2.23. The van der Waals surface area contributed by atoms with Crippen LogP contribution in [0.25, 0.3) is 0 Å². The lowest BCUT2D eigenvalue weighted by atomic mass is 9.97. The van der Waals surface area contributed by atoms with E-state index in [0.717, 1.165) is 18.6 Å². The summed E-state index contributed by atoms with van der Waals surface area (Å²) in [5.41, 5.74) is 1.33. The molecule has 1 saturated carbocycles. The van der Waals surface area contributed by atoms with Gasteiger partial charge in [-0.15, -0.1) is 0 Å². The van der Waals surface area contributed by atoms with Gasteiger partial charge in [0.1, 0.15) is 0 Å². The summed E-state index contributed by atoms with van der Waals surface area (Å²) in [5, 5.41) is 0. The molecule has 2 atom stereocenters. The molecule has 17 heavy (non-hydrogen) atoms. The molecule has 1 heterocycles. The zero-order valence-corrected chi connectivity index (χ0v) is 10.1. The third-order valence-electron chi connectivity index (χ3n) is 3.95. The van der Waals surface area contributed by atoms with Gasteiger partial charge in [0.2, 0.25) is 0 Å². The molecule has 0 radical (unpaired) electrons. The quantitative estimate of drug-likeness (QED) is 0.616. The Morgan fingerprint density at radius 2 is 2.06 bits per heavy atom. The van der Waals surface area contributed by atoms with Crippen molar-refractivity contribution >= 4 is 0 Å². The maximum Gasteiger partial charge on any atom is 0.0695 e. The third-order valence-corrected chi connectivity index (χ3v) is 3.95. The minimum Gasteiger partial charge on any atom is -0.375 e. The van der Waals surface area contributed by atoms with Crippen molar-refractivity contribution in [1.82, 2.24) is 0 Å². The minimum atomic E-state index is 0.204. The molecule has 1 aliphatic carbocycles. The summed E-state index contributed by atoms with van der Waals surface area (Å²) in [6.45, 7) is 0.957. The van der Waals surface area contributed by atoms with Crippen LogP contribution in [0.15, 0.2) is 30.3 Å². The average Bonchev–Trinajstić information content (AvgIpc) is 2.99. The van der Waals surface area contributed by atoms with Crippen molar-refractivity contribution in [3.63, 3.8) is 0 Å². The van der Waals surface area contributed by atoms with E-state index in [1.165, 1.54) is 25.7 Å². The first kappa shape index (κ1) is 10.9. The van der Waals surface area contributed by atoms with Gasteiger partial charge in [-0.25, -0.2) is 0 Å². The maximum absolute atomic E-state index is 5.92. The molecule has 0 unspecified atom stereocenters. The van der Waals surface area contributed by atoms with Crippen LogP contribution in [0.4, 0.5) is 0 Å². The zero-order valence-electron chi connectivity index (χ0n) is 10.1. The van der Waals surface area contributed by atoms with Crippen LogP contribution in [-0.4, -0.2) is 12.2 Å². The second kappa shape index (κ2) is 4.55. The largest absolute Gasteiger partial charge is 0.375 e. The first-order valence-corrected chi connectivity index (χ1v) is 6.57. The Hall–Kier alpha value is -1.26.